The molecule has 0 aliphatic carbocycles. The van der Waals surface area contributed by atoms with Crippen LogP contribution in [0.25, 0.3) is 0 Å². The third-order valence-corrected chi connectivity index (χ3v) is 2.24. The van der Waals surface area contributed by atoms with E-state index in [1.807, 2.05) is 0 Å². The van der Waals surface area contributed by atoms with Crippen molar-refractivity contribution in [2.45, 2.75) is 6.61 Å². The zero-order chi connectivity index (χ0) is 14.4. The average Bonchev–Trinajstić information content (AvgIpc) is 2.41. The fourth-order valence-electron chi connectivity index (χ4n) is 1.44. The smallest absolute Gasteiger partial charge is 0.387 e. The van der Waals surface area contributed by atoms with Gasteiger partial charge in [-0.05, 0) is 36.4 Å². The first kappa shape index (κ1) is 13.7. The maximum Gasteiger partial charge on any atom is 0.387 e. The van der Waals surface area contributed by atoms with Gasteiger partial charge in [-0.3, -0.25) is 5.32 Å². The molecule has 1 heterocycles. The molecule has 20 heavy (non-hydrogen) atoms. The second kappa shape index (κ2) is 6.46. The number of urea groups is 1. The van der Waals surface area contributed by atoms with Crippen molar-refractivity contribution in [3.8, 4) is 5.75 Å². The van der Waals surface area contributed by atoms with E-state index in [1.54, 1.807) is 24.4 Å². The van der Waals surface area contributed by atoms with Gasteiger partial charge in [0, 0.05) is 11.9 Å². The van der Waals surface area contributed by atoms with Crippen LogP contribution in [0.4, 0.5) is 25.1 Å². The summed E-state index contributed by atoms with van der Waals surface area (Å²) in [6, 6.07) is 10.2. The maximum absolute atomic E-state index is 12.0. The van der Waals surface area contributed by atoms with Crippen LogP contribution in [-0.4, -0.2) is 17.6 Å². The van der Waals surface area contributed by atoms with Gasteiger partial charge < -0.3 is 10.1 Å². The number of hydrogen-bond donors (Lipinski definition) is 2. The molecule has 0 fully saturated rings. The van der Waals surface area contributed by atoms with Gasteiger partial charge in [-0.2, -0.15) is 8.78 Å². The molecule has 2 aromatic rings. The lowest BCUT2D eigenvalue weighted by Crippen LogP contribution is -2.19. The molecule has 5 nitrogen and oxygen atoms in total. The summed E-state index contributed by atoms with van der Waals surface area (Å²) in [7, 11) is 0. The van der Waals surface area contributed by atoms with Gasteiger partial charge in [0.15, 0.2) is 0 Å². The monoisotopic (exact) mass is 279 g/mol. The quantitative estimate of drug-likeness (QED) is 0.902. The Morgan fingerprint density at radius 2 is 1.85 bits per heavy atom. The van der Waals surface area contributed by atoms with Gasteiger partial charge in [0.25, 0.3) is 0 Å². The number of rotatable bonds is 4. The molecular weight excluding hydrogens is 268 g/mol. The first-order chi connectivity index (χ1) is 9.63. The van der Waals surface area contributed by atoms with Crippen molar-refractivity contribution < 1.29 is 18.3 Å². The van der Waals surface area contributed by atoms with Crippen molar-refractivity contribution in [3.63, 3.8) is 0 Å². The third-order valence-electron chi connectivity index (χ3n) is 2.24. The Labute approximate surface area is 113 Å². The molecule has 0 atom stereocenters. The van der Waals surface area contributed by atoms with Crippen LogP contribution < -0.4 is 15.4 Å². The normalized spacial score (nSPS) is 10.2. The number of hydrogen-bond acceptors (Lipinski definition) is 3. The molecule has 0 saturated heterocycles. The number of amides is 2. The SMILES string of the molecule is O=C(Nc1ccc(OC(F)F)cc1)Nc1ccccn1. The van der Waals surface area contributed by atoms with Gasteiger partial charge in [0.05, 0.1) is 0 Å². The van der Waals surface area contributed by atoms with Crippen molar-refractivity contribution in [1.82, 2.24) is 4.98 Å². The lowest BCUT2D eigenvalue weighted by molar-refractivity contribution is -0.0498. The van der Waals surface area contributed by atoms with Crippen molar-refractivity contribution in [2.24, 2.45) is 0 Å². The van der Waals surface area contributed by atoms with Gasteiger partial charge >= 0.3 is 12.6 Å². The van der Waals surface area contributed by atoms with E-state index in [4.69, 9.17) is 0 Å². The highest BCUT2D eigenvalue weighted by molar-refractivity contribution is 5.99. The molecule has 0 unspecified atom stereocenters. The summed E-state index contributed by atoms with van der Waals surface area (Å²) in [4.78, 5) is 15.6. The predicted octanol–water partition coefficient (Wildman–Crippen LogP) is 3.33. The number of anilines is 2. The van der Waals surface area contributed by atoms with Crippen LogP contribution >= 0.6 is 0 Å². The van der Waals surface area contributed by atoms with Crippen molar-refractivity contribution in [1.29, 1.82) is 0 Å². The Bertz CT molecular complexity index is 562. The summed E-state index contributed by atoms with van der Waals surface area (Å²) in [6.45, 7) is -2.87. The van der Waals surface area contributed by atoms with Crippen LogP contribution in [0, 0.1) is 0 Å². The van der Waals surface area contributed by atoms with E-state index >= 15 is 0 Å². The Kier molecular flexibility index (Phi) is 4.43. The van der Waals surface area contributed by atoms with Gasteiger partial charge in [0.1, 0.15) is 11.6 Å². The second-order valence-electron chi connectivity index (χ2n) is 3.70. The van der Waals surface area contributed by atoms with Crippen LogP contribution in [0.5, 0.6) is 5.75 Å². The third kappa shape index (κ3) is 4.20. The molecule has 1 aromatic heterocycles. The molecule has 2 N–H and O–H groups in total. The Balaban J connectivity index is 1.91. The van der Waals surface area contributed by atoms with Gasteiger partial charge in [0.2, 0.25) is 0 Å². The first-order valence-corrected chi connectivity index (χ1v) is 5.67. The first-order valence-electron chi connectivity index (χ1n) is 5.67. The largest absolute Gasteiger partial charge is 0.435 e. The summed E-state index contributed by atoms with van der Waals surface area (Å²) < 4.78 is 28.1. The van der Waals surface area contributed by atoms with Gasteiger partial charge in [-0.25, -0.2) is 9.78 Å². The van der Waals surface area contributed by atoms with E-state index in [0.29, 0.717) is 11.5 Å². The summed E-state index contributed by atoms with van der Waals surface area (Å²) in [5.41, 5.74) is 0.444. The molecule has 0 bridgehead atoms. The number of pyridine rings is 1. The fourth-order valence-corrected chi connectivity index (χ4v) is 1.44. The number of carbonyl (C=O) groups excluding carboxylic acids is 1. The number of nitrogens with one attached hydrogen (secondary N) is 2. The predicted molar refractivity (Wildman–Crippen MR) is 70.0 cm³/mol. The van der Waals surface area contributed by atoms with Crippen molar-refractivity contribution in [2.75, 3.05) is 10.6 Å². The maximum atomic E-state index is 12.0. The summed E-state index contributed by atoms with van der Waals surface area (Å²) in [6.07, 6.45) is 1.55. The Hall–Kier alpha value is -2.70. The number of benzene rings is 1. The van der Waals surface area contributed by atoms with E-state index in [2.05, 4.69) is 20.4 Å². The van der Waals surface area contributed by atoms with E-state index in [0.717, 1.165) is 0 Å². The van der Waals surface area contributed by atoms with E-state index in [9.17, 15) is 13.6 Å². The molecule has 0 radical (unpaired) electrons. The van der Waals surface area contributed by atoms with Crippen LogP contribution in [-0.2, 0) is 0 Å². The minimum Gasteiger partial charge on any atom is -0.435 e. The number of alkyl halides is 2. The summed E-state index contributed by atoms with van der Waals surface area (Å²) >= 11 is 0. The lowest BCUT2D eigenvalue weighted by Gasteiger charge is -2.08. The molecule has 7 heteroatoms. The molecule has 2 amide bonds. The van der Waals surface area contributed by atoms with Crippen LogP contribution in [0.3, 0.4) is 0 Å². The highest BCUT2D eigenvalue weighted by Gasteiger charge is 2.05. The second-order valence-corrected chi connectivity index (χ2v) is 3.70. The number of halogens is 2. The highest BCUT2D eigenvalue weighted by atomic mass is 19.3. The van der Waals surface area contributed by atoms with E-state index < -0.39 is 12.6 Å². The topological polar surface area (TPSA) is 63.2 Å². The minimum absolute atomic E-state index is 0.0238. The number of nitrogens with zero attached hydrogens (tertiary/aromatic N) is 1. The molecule has 0 aliphatic rings. The zero-order valence-electron chi connectivity index (χ0n) is 10.2. The zero-order valence-corrected chi connectivity index (χ0v) is 10.2. The molecular formula is C13H11F2N3O2. The van der Waals surface area contributed by atoms with Crippen LogP contribution in [0.2, 0.25) is 0 Å². The summed E-state index contributed by atoms with van der Waals surface area (Å²) in [5, 5.41) is 5.06. The standard InChI is InChI=1S/C13H11F2N3O2/c14-12(15)20-10-6-4-9(5-7-10)17-13(19)18-11-3-1-2-8-16-11/h1-8,12H,(H2,16,17,18,19). The molecule has 1 aromatic carbocycles. The minimum atomic E-state index is -2.87. The van der Waals surface area contributed by atoms with E-state index in [-0.39, 0.29) is 5.75 Å². The molecule has 2 rings (SSSR count). The van der Waals surface area contributed by atoms with Crippen molar-refractivity contribution in [3.05, 3.63) is 48.7 Å². The highest BCUT2D eigenvalue weighted by Crippen LogP contribution is 2.17. The van der Waals surface area contributed by atoms with Gasteiger partial charge in [-0.1, -0.05) is 6.07 Å². The number of aromatic nitrogens is 1. The van der Waals surface area contributed by atoms with E-state index in [1.165, 1.54) is 24.3 Å². The Morgan fingerprint density at radius 1 is 1.10 bits per heavy atom. The van der Waals surface area contributed by atoms with Crippen LogP contribution in [0.15, 0.2) is 48.7 Å². The molecule has 0 aliphatic heterocycles. The summed E-state index contributed by atoms with van der Waals surface area (Å²) in [5.74, 6) is 0.429. The fraction of sp³-hybridized carbons (Fsp3) is 0.0769. The Morgan fingerprint density at radius 3 is 2.45 bits per heavy atom. The molecule has 104 valence electrons. The average molecular weight is 279 g/mol. The number of carbonyl (C=O) groups is 1. The van der Waals surface area contributed by atoms with Crippen molar-refractivity contribution >= 4 is 17.5 Å². The number of ether oxygens (including phenoxy) is 1. The van der Waals surface area contributed by atoms with Crippen LogP contribution in [0.1, 0.15) is 0 Å². The molecule has 0 spiro atoms. The lowest BCUT2D eigenvalue weighted by atomic mass is 10.3. The van der Waals surface area contributed by atoms with Gasteiger partial charge in [-0.15, -0.1) is 0 Å². The molecule has 0 saturated carbocycles.